The number of sulfonamides is 1. The molecule has 0 radical (unpaired) electrons. The summed E-state index contributed by atoms with van der Waals surface area (Å²) in [6.45, 7) is 1.83. The summed E-state index contributed by atoms with van der Waals surface area (Å²) >= 11 is 4.83. The second kappa shape index (κ2) is 5.34. The fraction of sp³-hybridized carbons (Fsp3) is 0.375. The van der Waals surface area contributed by atoms with Crippen molar-refractivity contribution in [1.29, 1.82) is 0 Å². The van der Waals surface area contributed by atoms with Crippen molar-refractivity contribution in [2.75, 3.05) is 17.6 Å². The third-order valence-corrected chi connectivity index (χ3v) is 2.85. The predicted molar refractivity (Wildman–Crippen MR) is 69.1 cm³/mol. The molecule has 0 fully saturated rings. The number of aromatic nitrogens is 2. The summed E-state index contributed by atoms with van der Waals surface area (Å²) in [4.78, 5) is 8.19. The van der Waals surface area contributed by atoms with Crippen LogP contribution in [0.5, 0.6) is 0 Å². The largest absolute Gasteiger partial charge is 0.389 e. The monoisotopic (exact) mass is 275 g/mol. The maximum atomic E-state index is 10.8. The highest BCUT2D eigenvalue weighted by molar-refractivity contribution is 7.89. The minimum absolute atomic E-state index is 0.130. The first-order valence-corrected chi connectivity index (χ1v) is 6.80. The van der Waals surface area contributed by atoms with Gasteiger partial charge in [0.2, 0.25) is 10.0 Å². The van der Waals surface area contributed by atoms with Crippen LogP contribution in [0.25, 0.3) is 0 Å². The molecule has 0 spiro atoms. The van der Waals surface area contributed by atoms with Crippen molar-refractivity contribution in [3.63, 3.8) is 0 Å². The number of nitrogens with zero attached hydrogens (tertiary/aromatic N) is 2. The summed E-state index contributed by atoms with van der Waals surface area (Å²) in [5, 5.41) is 7.69. The van der Waals surface area contributed by atoms with Crippen LogP contribution in [-0.4, -0.2) is 35.7 Å². The van der Waals surface area contributed by atoms with Crippen LogP contribution in [0, 0.1) is 6.92 Å². The fourth-order valence-corrected chi connectivity index (χ4v) is 1.63. The Bertz CT molecular complexity index is 529. The molecule has 0 bridgehead atoms. The predicted octanol–water partition coefficient (Wildman–Crippen LogP) is -0.880. The molecule has 17 heavy (non-hydrogen) atoms. The van der Waals surface area contributed by atoms with E-state index in [4.69, 9.17) is 23.1 Å². The Morgan fingerprint density at radius 1 is 1.59 bits per heavy atom. The van der Waals surface area contributed by atoms with Crippen LogP contribution in [0.15, 0.2) is 6.20 Å². The number of hydrogen-bond donors (Lipinski definition) is 3. The number of thiocarbonyl (C=S) groups is 1. The number of primary sulfonamides is 1. The molecule has 0 saturated carbocycles. The first-order valence-electron chi connectivity index (χ1n) is 4.67. The molecule has 0 aromatic carbocycles. The van der Waals surface area contributed by atoms with Gasteiger partial charge in [-0.25, -0.2) is 23.5 Å². The van der Waals surface area contributed by atoms with E-state index in [1.54, 1.807) is 6.92 Å². The van der Waals surface area contributed by atoms with Crippen LogP contribution in [-0.2, 0) is 10.0 Å². The molecule has 9 heteroatoms. The van der Waals surface area contributed by atoms with E-state index in [0.29, 0.717) is 17.2 Å². The molecule has 7 nitrogen and oxygen atoms in total. The summed E-state index contributed by atoms with van der Waals surface area (Å²) < 4.78 is 21.5. The zero-order valence-electron chi connectivity index (χ0n) is 9.17. The Balaban J connectivity index is 2.82. The van der Waals surface area contributed by atoms with E-state index in [0.717, 1.165) is 0 Å². The Labute approximate surface area is 105 Å². The Morgan fingerprint density at radius 3 is 2.76 bits per heavy atom. The summed E-state index contributed by atoms with van der Waals surface area (Å²) in [5.74, 6) is 0.740. The lowest BCUT2D eigenvalue weighted by Gasteiger charge is -2.09. The van der Waals surface area contributed by atoms with E-state index in [1.165, 1.54) is 6.20 Å². The van der Waals surface area contributed by atoms with E-state index in [1.807, 2.05) is 0 Å². The smallest absolute Gasteiger partial charge is 0.210 e. The van der Waals surface area contributed by atoms with E-state index in [9.17, 15) is 8.42 Å². The van der Waals surface area contributed by atoms with Crippen LogP contribution in [0.2, 0.25) is 0 Å². The Kier molecular flexibility index (Phi) is 4.32. The molecule has 5 N–H and O–H groups in total. The highest BCUT2D eigenvalue weighted by Gasteiger charge is 2.09. The molecule has 0 aliphatic carbocycles. The molecular formula is C8H13N5O2S2. The standard InChI is InChI=1S/C8H13N5O2S2/c1-5-12-4-6(7(9)16)8(13-5)11-2-3-17(10,14)15/h4H,2-3H2,1H3,(H2,9,16)(H2,10,14,15)(H,11,12,13). The summed E-state index contributed by atoms with van der Waals surface area (Å²) in [5.41, 5.74) is 5.96. The molecule has 0 aliphatic heterocycles. The van der Waals surface area contributed by atoms with Gasteiger partial charge in [-0.15, -0.1) is 0 Å². The molecule has 1 aromatic rings. The molecule has 1 heterocycles. The maximum Gasteiger partial charge on any atom is 0.210 e. The first kappa shape index (κ1) is 13.7. The quantitative estimate of drug-likeness (QED) is 0.596. The van der Waals surface area contributed by atoms with E-state index >= 15 is 0 Å². The van der Waals surface area contributed by atoms with Gasteiger partial charge >= 0.3 is 0 Å². The molecule has 1 aromatic heterocycles. The fourth-order valence-electron chi connectivity index (χ4n) is 1.10. The number of rotatable bonds is 5. The van der Waals surface area contributed by atoms with Gasteiger partial charge in [-0.05, 0) is 6.92 Å². The van der Waals surface area contributed by atoms with Crippen molar-refractivity contribution >= 4 is 33.0 Å². The highest BCUT2D eigenvalue weighted by Crippen LogP contribution is 2.10. The highest BCUT2D eigenvalue weighted by atomic mass is 32.2. The van der Waals surface area contributed by atoms with Gasteiger partial charge in [0.1, 0.15) is 16.6 Å². The van der Waals surface area contributed by atoms with Gasteiger partial charge < -0.3 is 11.1 Å². The number of nitrogens with one attached hydrogen (secondary N) is 1. The van der Waals surface area contributed by atoms with Crippen molar-refractivity contribution in [3.05, 3.63) is 17.6 Å². The van der Waals surface area contributed by atoms with Crippen molar-refractivity contribution in [1.82, 2.24) is 9.97 Å². The van der Waals surface area contributed by atoms with E-state index in [2.05, 4.69) is 15.3 Å². The lowest BCUT2D eigenvalue weighted by Crippen LogP contribution is -2.24. The van der Waals surface area contributed by atoms with Crippen molar-refractivity contribution < 1.29 is 8.42 Å². The van der Waals surface area contributed by atoms with Gasteiger partial charge in [0, 0.05) is 12.7 Å². The third-order valence-electron chi connectivity index (χ3n) is 1.85. The van der Waals surface area contributed by atoms with Crippen LogP contribution in [0.3, 0.4) is 0 Å². The number of hydrogen-bond acceptors (Lipinski definition) is 6. The summed E-state index contributed by atoms with van der Waals surface area (Å²) in [6.07, 6.45) is 1.49. The molecule has 94 valence electrons. The average molecular weight is 275 g/mol. The normalized spacial score (nSPS) is 11.2. The maximum absolute atomic E-state index is 10.8. The summed E-state index contributed by atoms with van der Waals surface area (Å²) in [7, 11) is -3.51. The van der Waals surface area contributed by atoms with Gasteiger partial charge in [-0.1, -0.05) is 12.2 Å². The first-order chi connectivity index (χ1) is 7.79. The van der Waals surface area contributed by atoms with Crippen molar-refractivity contribution in [3.8, 4) is 0 Å². The molecule has 0 saturated heterocycles. The second-order valence-corrected chi connectivity index (χ2v) is 5.51. The zero-order chi connectivity index (χ0) is 13.1. The van der Waals surface area contributed by atoms with Gasteiger partial charge in [0.25, 0.3) is 0 Å². The molecule has 0 unspecified atom stereocenters. The molecule has 0 atom stereocenters. The number of nitrogens with two attached hydrogens (primary N) is 2. The van der Waals surface area contributed by atoms with E-state index < -0.39 is 10.0 Å². The van der Waals surface area contributed by atoms with E-state index in [-0.39, 0.29) is 17.3 Å². The van der Waals surface area contributed by atoms with Gasteiger partial charge in [-0.3, -0.25) is 0 Å². The molecule has 1 rings (SSSR count). The Morgan fingerprint density at radius 2 is 2.24 bits per heavy atom. The number of aryl methyl sites for hydroxylation is 1. The second-order valence-electron chi connectivity index (χ2n) is 3.34. The Hall–Kier alpha value is -1.32. The van der Waals surface area contributed by atoms with Gasteiger partial charge in [0.05, 0.1) is 11.3 Å². The van der Waals surface area contributed by atoms with Crippen LogP contribution < -0.4 is 16.2 Å². The average Bonchev–Trinajstić information content (AvgIpc) is 2.15. The number of anilines is 1. The SMILES string of the molecule is Cc1ncc(C(N)=S)c(NCCS(N)(=O)=O)n1. The molecule has 0 aliphatic rings. The van der Waals surface area contributed by atoms with Crippen LogP contribution >= 0.6 is 12.2 Å². The topological polar surface area (TPSA) is 124 Å². The van der Waals surface area contributed by atoms with Gasteiger partial charge in [-0.2, -0.15) is 0 Å². The zero-order valence-corrected chi connectivity index (χ0v) is 10.8. The van der Waals surface area contributed by atoms with Gasteiger partial charge in [0.15, 0.2) is 0 Å². The summed E-state index contributed by atoms with van der Waals surface area (Å²) in [6, 6.07) is 0. The van der Waals surface area contributed by atoms with Crippen molar-refractivity contribution in [2.45, 2.75) is 6.92 Å². The van der Waals surface area contributed by atoms with Crippen molar-refractivity contribution in [2.24, 2.45) is 10.9 Å². The molecule has 0 amide bonds. The lowest BCUT2D eigenvalue weighted by atomic mass is 10.3. The van der Waals surface area contributed by atoms with Crippen LogP contribution in [0.4, 0.5) is 5.82 Å². The molecular weight excluding hydrogens is 262 g/mol. The lowest BCUT2D eigenvalue weighted by molar-refractivity contribution is 0.598. The van der Waals surface area contributed by atoms with Crippen LogP contribution in [0.1, 0.15) is 11.4 Å². The minimum atomic E-state index is -3.51. The third kappa shape index (κ3) is 4.59. The minimum Gasteiger partial charge on any atom is -0.389 e.